The zero-order valence-corrected chi connectivity index (χ0v) is 12.7. The van der Waals surface area contributed by atoms with Gasteiger partial charge >= 0.3 is 0 Å². The maximum absolute atomic E-state index is 3.70. The average molecular weight is 245 g/mol. The highest BCUT2D eigenvalue weighted by Crippen LogP contribution is 2.36. The molecule has 0 aliphatic carbocycles. The van der Waals surface area contributed by atoms with E-state index in [4.69, 9.17) is 0 Å². The molecule has 100 valence electrons. The van der Waals surface area contributed by atoms with Crippen LogP contribution in [0, 0.1) is 5.92 Å². The van der Waals surface area contributed by atoms with Gasteiger partial charge in [-0.25, -0.2) is 0 Å². The highest BCUT2D eigenvalue weighted by Gasteiger charge is 2.27. The molecule has 0 spiro atoms. The van der Waals surface area contributed by atoms with Crippen LogP contribution < -0.4 is 5.32 Å². The van der Waals surface area contributed by atoms with Crippen molar-refractivity contribution in [1.29, 1.82) is 0 Å². The Morgan fingerprint density at radius 3 is 2.39 bits per heavy atom. The molecular weight excluding hydrogens is 218 g/mol. The van der Waals surface area contributed by atoms with E-state index in [1.54, 1.807) is 5.56 Å². The number of rotatable bonds is 1. The number of nitrogens with one attached hydrogen (secondary N) is 1. The largest absolute Gasteiger partial charge is 0.309 e. The molecule has 0 saturated heterocycles. The van der Waals surface area contributed by atoms with Crippen molar-refractivity contribution in [3.05, 3.63) is 34.9 Å². The highest BCUT2D eigenvalue weighted by molar-refractivity contribution is 5.41. The summed E-state index contributed by atoms with van der Waals surface area (Å²) in [5.74, 6) is 1.27. The van der Waals surface area contributed by atoms with Crippen molar-refractivity contribution in [3.63, 3.8) is 0 Å². The van der Waals surface area contributed by atoms with Crippen LogP contribution in [0.1, 0.15) is 70.2 Å². The summed E-state index contributed by atoms with van der Waals surface area (Å²) in [5, 5.41) is 3.70. The third kappa shape index (κ3) is 2.47. The Hall–Kier alpha value is -0.820. The summed E-state index contributed by atoms with van der Waals surface area (Å²) >= 11 is 0. The van der Waals surface area contributed by atoms with Gasteiger partial charge in [0.25, 0.3) is 0 Å². The lowest BCUT2D eigenvalue weighted by Crippen LogP contribution is -2.35. The second kappa shape index (κ2) is 4.70. The fraction of sp³-hybridized carbons (Fsp3) is 0.647. The minimum Gasteiger partial charge on any atom is -0.309 e. The van der Waals surface area contributed by atoms with Gasteiger partial charge in [-0.1, -0.05) is 59.7 Å². The third-order valence-corrected chi connectivity index (χ3v) is 4.13. The molecule has 0 fully saturated rings. The molecule has 2 rings (SSSR count). The predicted molar refractivity (Wildman–Crippen MR) is 79.1 cm³/mol. The third-order valence-electron chi connectivity index (χ3n) is 4.13. The summed E-state index contributed by atoms with van der Waals surface area (Å²) in [6, 6.07) is 7.62. The molecular formula is C17H27N. The Kier molecular flexibility index (Phi) is 3.55. The number of hydrogen-bond donors (Lipinski definition) is 1. The SMILES string of the molecule is CC1CNC(C(C)C)c2cc(C(C)(C)C)ccc21. The van der Waals surface area contributed by atoms with Gasteiger partial charge < -0.3 is 5.32 Å². The molecule has 0 radical (unpaired) electrons. The van der Waals surface area contributed by atoms with Crippen molar-refractivity contribution in [1.82, 2.24) is 5.32 Å². The minimum atomic E-state index is 0.233. The molecule has 1 aliphatic heterocycles. The Morgan fingerprint density at radius 2 is 1.83 bits per heavy atom. The quantitative estimate of drug-likeness (QED) is 0.774. The molecule has 1 aliphatic rings. The van der Waals surface area contributed by atoms with Crippen molar-refractivity contribution >= 4 is 0 Å². The Bertz CT molecular complexity index is 426. The highest BCUT2D eigenvalue weighted by atomic mass is 14.9. The van der Waals surface area contributed by atoms with Crippen molar-refractivity contribution in [2.45, 2.75) is 58.9 Å². The molecule has 0 amide bonds. The second-order valence-corrected chi connectivity index (χ2v) is 7.12. The van der Waals surface area contributed by atoms with E-state index >= 15 is 0 Å². The molecule has 0 bridgehead atoms. The fourth-order valence-electron chi connectivity index (χ4n) is 2.88. The van der Waals surface area contributed by atoms with E-state index in [1.165, 1.54) is 11.1 Å². The molecule has 18 heavy (non-hydrogen) atoms. The number of fused-ring (bicyclic) bond motifs is 1. The Morgan fingerprint density at radius 1 is 1.17 bits per heavy atom. The first-order valence-corrected chi connectivity index (χ1v) is 7.18. The van der Waals surface area contributed by atoms with E-state index in [1.807, 2.05) is 0 Å². The summed E-state index contributed by atoms with van der Waals surface area (Å²) in [6.07, 6.45) is 0. The number of hydrogen-bond acceptors (Lipinski definition) is 1. The molecule has 0 aromatic heterocycles. The zero-order chi connectivity index (χ0) is 13.5. The summed E-state index contributed by atoms with van der Waals surface area (Å²) in [4.78, 5) is 0. The zero-order valence-electron chi connectivity index (χ0n) is 12.7. The predicted octanol–water partition coefficient (Wildman–Crippen LogP) is 4.39. The molecule has 1 heterocycles. The minimum absolute atomic E-state index is 0.233. The van der Waals surface area contributed by atoms with Gasteiger partial charge in [-0.2, -0.15) is 0 Å². The van der Waals surface area contributed by atoms with E-state index in [-0.39, 0.29) is 5.41 Å². The van der Waals surface area contributed by atoms with Crippen LogP contribution in [-0.4, -0.2) is 6.54 Å². The van der Waals surface area contributed by atoms with Gasteiger partial charge in [0.2, 0.25) is 0 Å². The first-order chi connectivity index (χ1) is 8.30. The lowest BCUT2D eigenvalue weighted by molar-refractivity contribution is 0.375. The summed E-state index contributed by atoms with van der Waals surface area (Å²) in [7, 11) is 0. The van der Waals surface area contributed by atoms with Crippen molar-refractivity contribution in [2.75, 3.05) is 6.54 Å². The van der Waals surface area contributed by atoms with Crippen LogP contribution in [-0.2, 0) is 5.41 Å². The van der Waals surface area contributed by atoms with Crippen LogP contribution in [0.2, 0.25) is 0 Å². The standard InChI is InChI=1S/C17H27N/c1-11(2)16-15-9-13(17(4,5)6)7-8-14(15)12(3)10-18-16/h7-9,11-12,16,18H,10H2,1-6H3. The van der Waals surface area contributed by atoms with E-state index in [9.17, 15) is 0 Å². The molecule has 1 aromatic rings. The maximum atomic E-state index is 3.70. The fourth-order valence-corrected chi connectivity index (χ4v) is 2.88. The first kappa shape index (κ1) is 13.6. The topological polar surface area (TPSA) is 12.0 Å². The summed E-state index contributed by atoms with van der Waals surface area (Å²) < 4.78 is 0. The van der Waals surface area contributed by atoms with Crippen molar-refractivity contribution < 1.29 is 0 Å². The maximum Gasteiger partial charge on any atom is 0.0346 e. The van der Waals surface area contributed by atoms with Gasteiger partial charge in [0.1, 0.15) is 0 Å². The molecule has 1 heteroatoms. The average Bonchev–Trinajstić information content (AvgIpc) is 2.27. The normalized spacial score (nSPS) is 24.2. The van der Waals surface area contributed by atoms with Crippen molar-refractivity contribution in [3.8, 4) is 0 Å². The van der Waals surface area contributed by atoms with E-state index < -0.39 is 0 Å². The lowest BCUT2D eigenvalue weighted by atomic mass is 9.78. The van der Waals surface area contributed by atoms with E-state index in [2.05, 4.69) is 65.1 Å². The van der Waals surface area contributed by atoms with Crippen LogP contribution in [0.3, 0.4) is 0 Å². The van der Waals surface area contributed by atoms with Crippen LogP contribution >= 0.6 is 0 Å². The Labute approximate surface area is 112 Å². The van der Waals surface area contributed by atoms with Crippen LogP contribution in [0.25, 0.3) is 0 Å². The smallest absolute Gasteiger partial charge is 0.0346 e. The van der Waals surface area contributed by atoms with Gasteiger partial charge in [0.05, 0.1) is 0 Å². The van der Waals surface area contributed by atoms with Crippen LogP contribution in [0.4, 0.5) is 0 Å². The molecule has 1 aromatic carbocycles. The Balaban J connectivity index is 2.50. The van der Waals surface area contributed by atoms with Crippen LogP contribution in [0.5, 0.6) is 0 Å². The molecule has 1 nitrogen and oxygen atoms in total. The van der Waals surface area contributed by atoms with Gasteiger partial charge in [-0.3, -0.25) is 0 Å². The summed E-state index contributed by atoms with van der Waals surface area (Å²) in [5.41, 5.74) is 4.75. The number of benzene rings is 1. The monoisotopic (exact) mass is 245 g/mol. The van der Waals surface area contributed by atoms with E-state index in [0.29, 0.717) is 17.9 Å². The van der Waals surface area contributed by atoms with Gasteiger partial charge in [0.15, 0.2) is 0 Å². The lowest BCUT2D eigenvalue weighted by Gasteiger charge is -2.35. The first-order valence-electron chi connectivity index (χ1n) is 7.18. The molecule has 2 atom stereocenters. The molecule has 2 unspecified atom stereocenters. The van der Waals surface area contributed by atoms with Gasteiger partial charge in [0, 0.05) is 12.6 Å². The van der Waals surface area contributed by atoms with Gasteiger partial charge in [-0.05, 0) is 33.9 Å². The van der Waals surface area contributed by atoms with Gasteiger partial charge in [-0.15, -0.1) is 0 Å². The molecule has 0 saturated carbocycles. The van der Waals surface area contributed by atoms with Crippen molar-refractivity contribution in [2.24, 2.45) is 5.92 Å². The van der Waals surface area contributed by atoms with E-state index in [0.717, 1.165) is 6.54 Å². The second-order valence-electron chi connectivity index (χ2n) is 7.12. The molecule has 1 N–H and O–H groups in total. The summed E-state index contributed by atoms with van der Waals surface area (Å²) in [6.45, 7) is 14.9. The van der Waals surface area contributed by atoms with Crippen LogP contribution in [0.15, 0.2) is 18.2 Å².